The van der Waals surface area contributed by atoms with Crippen molar-refractivity contribution in [1.29, 1.82) is 0 Å². The molecule has 5 heteroatoms. The van der Waals surface area contributed by atoms with Gasteiger partial charge in [-0.3, -0.25) is 4.79 Å². The van der Waals surface area contributed by atoms with Gasteiger partial charge in [0.25, 0.3) is 0 Å². The summed E-state index contributed by atoms with van der Waals surface area (Å²) in [7, 11) is 0. The van der Waals surface area contributed by atoms with Gasteiger partial charge in [-0.05, 0) is 43.7 Å². The lowest BCUT2D eigenvalue weighted by molar-refractivity contribution is 0.101. The molecule has 3 aromatic rings. The molecule has 0 N–H and O–H groups in total. The van der Waals surface area contributed by atoms with E-state index in [1.54, 1.807) is 36.4 Å². The Hall–Kier alpha value is -2.59. The summed E-state index contributed by atoms with van der Waals surface area (Å²) >= 11 is 6.18. The van der Waals surface area contributed by atoms with Crippen molar-refractivity contribution in [3.63, 3.8) is 0 Å². The first-order chi connectivity index (χ1) is 11.5. The van der Waals surface area contributed by atoms with Crippen LogP contribution in [0.4, 0.5) is 0 Å². The van der Waals surface area contributed by atoms with Crippen LogP contribution in [0.1, 0.15) is 28.4 Å². The van der Waals surface area contributed by atoms with Crippen molar-refractivity contribution in [3.8, 4) is 5.75 Å². The van der Waals surface area contributed by atoms with Gasteiger partial charge in [-0.25, -0.2) is 4.79 Å². The van der Waals surface area contributed by atoms with E-state index in [4.69, 9.17) is 20.8 Å². The first kappa shape index (κ1) is 16.3. The molecule has 24 heavy (non-hydrogen) atoms. The lowest BCUT2D eigenvalue weighted by atomic mass is 10.1. The molecule has 0 unspecified atom stereocenters. The summed E-state index contributed by atoms with van der Waals surface area (Å²) < 4.78 is 11.0. The topological polar surface area (TPSA) is 56.5 Å². The van der Waals surface area contributed by atoms with Crippen LogP contribution >= 0.6 is 11.6 Å². The van der Waals surface area contributed by atoms with Crippen LogP contribution in [-0.4, -0.2) is 5.78 Å². The molecule has 0 aliphatic carbocycles. The fraction of sp³-hybridized carbons (Fsp3) is 0.158. The molecular weight excluding hydrogens is 328 g/mol. The molecular formula is C19H15ClO4. The molecule has 3 rings (SSSR count). The lowest BCUT2D eigenvalue weighted by Gasteiger charge is -2.11. The third kappa shape index (κ3) is 3.19. The van der Waals surface area contributed by atoms with Crippen LogP contribution in [-0.2, 0) is 6.61 Å². The molecule has 0 aliphatic heterocycles. The van der Waals surface area contributed by atoms with Crippen molar-refractivity contribution in [3.05, 3.63) is 74.6 Å². The van der Waals surface area contributed by atoms with Gasteiger partial charge < -0.3 is 9.15 Å². The highest BCUT2D eigenvalue weighted by atomic mass is 35.5. The molecule has 0 saturated heterocycles. The Balaban J connectivity index is 2.01. The van der Waals surface area contributed by atoms with Crippen LogP contribution < -0.4 is 10.4 Å². The lowest BCUT2D eigenvalue weighted by Crippen LogP contribution is -2.06. The molecule has 2 aromatic carbocycles. The molecule has 0 saturated carbocycles. The molecule has 0 fully saturated rings. The van der Waals surface area contributed by atoms with Crippen molar-refractivity contribution in [2.75, 3.05) is 0 Å². The van der Waals surface area contributed by atoms with Gasteiger partial charge in [0.1, 0.15) is 17.9 Å². The maximum Gasteiger partial charge on any atom is 0.336 e. The van der Waals surface area contributed by atoms with Crippen molar-refractivity contribution in [2.24, 2.45) is 0 Å². The van der Waals surface area contributed by atoms with Crippen LogP contribution in [0.25, 0.3) is 11.0 Å². The molecule has 0 aliphatic rings. The molecule has 1 aromatic heterocycles. The zero-order valence-corrected chi connectivity index (χ0v) is 14.0. The Kier molecular flexibility index (Phi) is 4.40. The number of fused-ring (bicyclic) bond motifs is 1. The second-order valence-electron chi connectivity index (χ2n) is 5.53. The van der Waals surface area contributed by atoms with E-state index >= 15 is 0 Å². The number of hydrogen-bond acceptors (Lipinski definition) is 4. The van der Waals surface area contributed by atoms with E-state index in [2.05, 4.69) is 0 Å². The number of para-hydroxylation sites is 1. The Morgan fingerprint density at radius 1 is 1.21 bits per heavy atom. The van der Waals surface area contributed by atoms with Crippen LogP contribution in [0.5, 0.6) is 5.75 Å². The third-order valence-electron chi connectivity index (χ3n) is 3.76. The molecule has 0 spiro atoms. The van der Waals surface area contributed by atoms with E-state index < -0.39 is 5.63 Å². The van der Waals surface area contributed by atoms with Crippen molar-refractivity contribution < 1.29 is 13.9 Å². The van der Waals surface area contributed by atoms with Gasteiger partial charge in [-0.1, -0.05) is 23.7 Å². The van der Waals surface area contributed by atoms with Gasteiger partial charge in [-0.2, -0.15) is 0 Å². The summed E-state index contributed by atoms with van der Waals surface area (Å²) in [5.74, 6) is 0.395. The number of aryl methyl sites for hydroxylation is 1. The number of halogens is 1. The van der Waals surface area contributed by atoms with Crippen LogP contribution in [0.2, 0.25) is 5.02 Å². The largest absolute Gasteiger partial charge is 0.488 e. The Morgan fingerprint density at radius 3 is 2.71 bits per heavy atom. The standard InChI is InChI=1S/C19H15ClO4/c1-11-7-18-15(9-16(11)20)13(8-19(22)24-18)10-23-17-6-4-3-5-14(17)12(2)21/h3-9H,10H2,1-2H3. The smallest absolute Gasteiger partial charge is 0.336 e. The molecule has 0 amide bonds. The second-order valence-corrected chi connectivity index (χ2v) is 5.94. The van der Waals surface area contributed by atoms with Crippen LogP contribution in [0.15, 0.2) is 51.7 Å². The zero-order valence-electron chi connectivity index (χ0n) is 13.3. The Morgan fingerprint density at radius 2 is 1.96 bits per heavy atom. The maximum absolute atomic E-state index is 11.8. The van der Waals surface area contributed by atoms with Gasteiger partial charge in [0.05, 0.1) is 5.56 Å². The van der Waals surface area contributed by atoms with Gasteiger partial charge in [0, 0.05) is 22.0 Å². The molecule has 0 radical (unpaired) electrons. The predicted octanol–water partition coefficient (Wildman–Crippen LogP) is 4.54. The summed E-state index contributed by atoms with van der Waals surface area (Å²) in [4.78, 5) is 23.4. The highest BCUT2D eigenvalue weighted by Crippen LogP contribution is 2.26. The minimum atomic E-state index is -0.456. The summed E-state index contributed by atoms with van der Waals surface area (Å²) in [6, 6.07) is 11.9. The number of Topliss-reactive ketones (excluding diaryl/α,β-unsaturated/α-hetero) is 1. The number of rotatable bonds is 4. The predicted molar refractivity (Wildman–Crippen MR) is 93.0 cm³/mol. The van der Waals surface area contributed by atoms with E-state index in [1.807, 2.05) is 6.92 Å². The van der Waals surface area contributed by atoms with Gasteiger partial charge in [-0.15, -0.1) is 0 Å². The molecule has 0 bridgehead atoms. The van der Waals surface area contributed by atoms with Crippen LogP contribution in [0.3, 0.4) is 0 Å². The number of carbonyl (C=O) groups excluding carboxylic acids is 1. The van der Waals surface area contributed by atoms with Crippen LogP contribution in [0, 0.1) is 6.92 Å². The molecule has 0 atom stereocenters. The van der Waals surface area contributed by atoms with E-state index in [9.17, 15) is 9.59 Å². The normalized spacial score (nSPS) is 10.8. The van der Waals surface area contributed by atoms with Gasteiger partial charge in [0.2, 0.25) is 0 Å². The van der Waals surface area contributed by atoms with Crippen molar-refractivity contribution >= 4 is 28.4 Å². The van der Waals surface area contributed by atoms with Gasteiger partial charge in [0.15, 0.2) is 5.78 Å². The minimum absolute atomic E-state index is 0.0818. The highest BCUT2D eigenvalue weighted by Gasteiger charge is 2.11. The number of ether oxygens (including phenoxy) is 1. The van der Waals surface area contributed by atoms with E-state index in [0.717, 1.165) is 5.56 Å². The molecule has 4 nitrogen and oxygen atoms in total. The average molecular weight is 343 g/mol. The Labute approximate surface area is 143 Å². The summed E-state index contributed by atoms with van der Waals surface area (Å²) in [6.07, 6.45) is 0. The first-order valence-electron chi connectivity index (χ1n) is 7.41. The maximum atomic E-state index is 11.8. The first-order valence-corrected chi connectivity index (χ1v) is 7.79. The average Bonchev–Trinajstić information content (AvgIpc) is 2.54. The van der Waals surface area contributed by atoms with E-state index in [0.29, 0.717) is 32.9 Å². The minimum Gasteiger partial charge on any atom is -0.488 e. The zero-order chi connectivity index (χ0) is 17.3. The third-order valence-corrected chi connectivity index (χ3v) is 4.17. The summed E-state index contributed by atoms with van der Waals surface area (Å²) in [6.45, 7) is 3.46. The number of ketones is 1. The summed E-state index contributed by atoms with van der Waals surface area (Å²) in [5, 5.41) is 1.30. The fourth-order valence-electron chi connectivity index (χ4n) is 2.51. The quantitative estimate of drug-likeness (QED) is 0.516. The number of carbonyl (C=O) groups is 1. The van der Waals surface area contributed by atoms with Gasteiger partial charge >= 0.3 is 5.63 Å². The van der Waals surface area contributed by atoms with Crippen molar-refractivity contribution in [1.82, 2.24) is 0 Å². The number of hydrogen-bond donors (Lipinski definition) is 0. The SMILES string of the molecule is CC(=O)c1ccccc1OCc1cc(=O)oc2cc(C)c(Cl)cc12. The van der Waals surface area contributed by atoms with E-state index in [1.165, 1.54) is 13.0 Å². The summed E-state index contributed by atoms with van der Waals surface area (Å²) in [5.41, 5.74) is 1.98. The Bertz CT molecular complexity index is 988. The monoisotopic (exact) mass is 342 g/mol. The van der Waals surface area contributed by atoms with Crippen molar-refractivity contribution in [2.45, 2.75) is 20.5 Å². The fourth-order valence-corrected chi connectivity index (χ4v) is 2.67. The van der Waals surface area contributed by atoms with E-state index in [-0.39, 0.29) is 12.4 Å². The highest BCUT2D eigenvalue weighted by molar-refractivity contribution is 6.32. The second kappa shape index (κ2) is 6.49. The molecule has 1 heterocycles. The number of benzene rings is 2. The molecule has 122 valence electrons.